The van der Waals surface area contributed by atoms with Crippen molar-refractivity contribution in [3.05, 3.63) is 18.0 Å². The summed E-state index contributed by atoms with van der Waals surface area (Å²) in [5.41, 5.74) is 1.33. The average molecular weight is 321 g/mol. The number of rotatable bonds is 5. The number of likely N-dealkylation sites (tertiary alicyclic amines) is 1. The summed E-state index contributed by atoms with van der Waals surface area (Å²) >= 11 is 2.15. The van der Waals surface area contributed by atoms with Crippen molar-refractivity contribution >= 4 is 11.8 Å². The van der Waals surface area contributed by atoms with Crippen molar-refractivity contribution in [2.24, 2.45) is 13.0 Å². The first-order valence-corrected chi connectivity index (χ1v) is 9.65. The zero-order chi connectivity index (χ0) is 15.0. The van der Waals surface area contributed by atoms with Gasteiger partial charge >= 0.3 is 0 Å². The van der Waals surface area contributed by atoms with Crippen molar-refractivity contribution < 1.29 is 4.74 Å². The predicted molar refractivity (Wildman–Crippen MR) is 90.0 cm³/mol. The fourth-order valence-electron chi connectivity index (χ4n) is 4.27. The van der Waals surface area contributed by atoms with Crippen LogP contribution < -0.4 is 0 Å². The molecule has 3 aliphatic rings. The summed E-state index contributed by atoms with van der Waals surface area (Å²) in [6.07, 6.45) is 11.5. The molecule has 0 radical (unpaired) electrons. The normalized spacial score (nSPS) is 28.5. The van der Waals surface area contributed by atoms with Crippen molar-refractivity contribution in [3.63, 3.8) is 0 Å². The number of thioether (sulfide) groups is 1. The number of hydrogen-bond donors (Lipinski definition) is 0. The molecule has 1 aliphatic carbocycles. The van der Waals surface area contributed by atoms with Crippen LogP contribution in [0.1, 0.15) is 37.7 Å². The van der Waals surface area contributed by atoms with Gasteiger partial charge in [-0.05, 0) is 25.2 Å². The van der Waals surface area contributed by atoms with Crippen LogP contribution >= 0.6 is 11.8 Å². The molecule has 1 aromatic rings. The monoisotopic (exact) mass is 321 g/mol. The third kappa shape index (κ3) is 3.22. The molecule has 122 valence electrons. The molecule has 0 unspecified atom stereocenters. The van der Waals surface area contributed by atoms with Crippen molar-refractivity contribution in [2.75, 3.05) is 25.4 Å². The highest BCUT2D eigenvalue weighted by molar-refractivity contribution is 8.01. The summed E-state index contributed by atoms with van der Waals surface area (Å²) in [5, 5.41) is 4.26. The lowest BCUT2D eigenvalue weighted by Gasteiger charge is -2.47. The molecule has 2 aliphatic heterocycles. The summed E-state index contributed by atoms with van der Waals surface area (Å²) < 4.78 is 8.60. The third-order valence-corrected chi connectivity index (χ3v) is 6.98. The minimum absolute atomic E-state index is 0.489. The van der Waals surface area contributed by atoms with E-state index in [9.17, 15) is 0 Å². The molecule has 1 atom stereocenters. The quantitative estimate of drug-likeness (QED) is 0.834. The summed E-state index contributed by atoms with van der Waals surface area (Å²) in [7, 11) is 1.99. The van der Waals surface area contributed by atoms with Gasteiger partial charge in [-0.3, -0.25) is 9.58 Å². The van der Waals surface area contributed by atoms with Crippen LogP contribution in [0.25, 0.3) is 0 Å². The van der Waals surface area contributed by atoms with E-state index in [-0.39, 0.29) is 0 Å². The van der Waals surface area contributed by atoms with E-state index in [1.54, 1.807) is 0 Å². The molecule has 1 saturated carbocycles. The van der Waals surface area contributed by atoms with Gasteiger partial charge in [0, 0.05) is 55.5 Å². The number of aryl methyl sites for hydroxylation is 1. The molecular weight excluding hydrogens is 294 g/mol. The average Bonchev–Trinajstić information content (AvgIpc) is 3.17. The number of aromatic nitrogens is 2. The minimum atomic E-state index is 0.489. The van der Waals surface area contributed by atoms with Gasteiger partial charge in [-0.25, -0.2) is 0 Å². The molecule has 3 heterocycles. The van der Waals surface area contributed by atoms with Crippen molar-refractivity contribution in [1.82, 2.24) is 14.7 Å². The summed E-state index contributed by atoms with van der Waals surface area (Å²) in [6.45, 7) is 4.50. The molecule has 1 spiro atoms. The first-order chi connectivity index (χ1) is 10.7. The number of ether oxygens (including phenoxy) is 1. The summed E-state index contributed by atoms with van der Waals surface area (Å²) in [6, 6.07) is 0. The van der Waals surface area contributed by atoms with E-state index in [1.807, 2.05) is 17.9 Å². The Labute approximate surface area is 137 Å². The SMILES string of the molecule is Cn1cc(CN2CC3(C[C@H](OCC4CCCC4)CS3)C2)cn1. The van der Waals surface area contributed by atoms with Crippen LogP contribution in [-0.4, -0.2) is 51.0 Å². The molecule has 5 heteroatoms. The third-order valence-electron chi connectivity index (χ3n) is 5.41. The largest absolute Gasteiger partial charge is 0.377 e. The highest BCUT2D eigenvalue weighted by Gasteiger charge is 2.49. The van der Waals surface area contributed by atoms with E-state index in [4.69, 9.17) is 4.74 Å². The lowest BCUT2D eigenvalue weighted by atomic mass is 9.92. The molecule has 2 saturated heterocycles. The van der Waals surface area contributed by atoms with Gasteiger partial charge in [-0.15, -0.1) is 11.8 Å². The zero-order valence-corrected chi connectivity index (χ0v) is 14.4. The Morgan fingerprint density at radius 3 is 2.91 bits per heavy atom. The van der Waals surface area contributed by atoms with E-state index >= 15 is 0 Å². The number of hydrogen-bond acceptors (Lipinski definition) is 4. The van der Waals surface area contributed by atoms with Gasteiger partial charge in [0.05, 0.1) is 12.3 Å². The Bertz CT molecular complexity index is 506. The van der Waals surface area contributed by atoms with Crippen LogP contribution in [-0.2, 0) is 18.3 Å². The van der Waals surface area contributed by atoms with Gasteiger partial charge in [-0.2, -0.15) is 5.10 Å². The van der Waals surface area contributed by atoms with Crippen LogP contribution in [0, 0.1) is 5.92 Å². The first kappa shape index (κ1) is 15.0. The molecule has 3 fully saturated rings. The van der Waals surface area contributed by atoms with Crippen molar-refractivity contribution in [2.45, 2.75) is 49.5 Å². The van der Waals surface area contributed by atoms with Crippen molar-refractivity contribution in [1.29, 1.82) is 0 Å². The second-order valence-electron chi connectivity index (χ2n) is 7.47. The molecule has 0 amide bonds. The summed E-state index contributed by atoms with van der Waals surface area (Å²) in [4.78, 5) is 2.55. The summed E-state index contributed by atoms with van der Waals surface area (Å²) in [5.74, 6) is 2.05. The highest BCUT2D eigenvalue weighted by Crippen LogP contribution is 2.46. The Kier molecular flexibility index (Phi) is 4.22. The Morgan fingerprint density at radius 1 is 1.36 bits per heavy atom. The predicted octanol–water partition coefficient (Wildman–Crippen LogP) is 2.69. The Hall–Kier alpha value is -0.520. The molecule has 0 bridgehead atoms. The molecule has 1 aromatic heterocycles. The fourth-order valence-corrected chi connectivity index (χ4v) is 5.88. The highest BCUT2D eigenvalue weighted by atomic mass is 32.2. The van der Waals surface area contributed by atoms with Crippen molar-refractivity contribution in [3.8, 4) is 0 Å². The Balaban J connectivity index is 1.20. The van der Waals surface area contributed by atoms with Crippen LogP contribution in [0.4, 0.5) is 0 Å². The van der Waals surface area contributed by atoms with Gasteiger partial charge < -0.3 is 4.74 Å². The number of nitrogens with zero attached hydrogens (tertiary/aromatic N) is 3. The van der Waals surface area contributed by atoms with Gasteiger partial charge in [0.25, 0.3) is 0 Å². The van der Waals surface area contributed by atoms with Crippen LogP contribution in [0.3, 0.4) is 0 Å². The standard InChI is InChI=1S/C17H27N3OS/c1-19-8-15(7-18-19)9-20-12-17(13-20)6-16(11-22-17)21-10-14-4-2-3-5-14/h7-8,14,16H,2-6,9-13H2,1H3/t16-/m0/s1. The molecule has 22 heavy (non-hydrogen) atoms. The van der Waals surface area contributed by atoms with Crippen LogP contribution in [0.2, 0.25) is 0 Å². The van der Waals surface area contributed by atoms with Crippen LogP contribution in [0.15, 0.2) is 12.4 Å². The maximum atomic E-state index is 6.22. The second-order valence-corrected chi connectivity index (χ2v) is 8.96. The lowest BCUT2D eigenvalue weighted by molar-refractivity contribution is 0.0193. The molecule has 0 N–H and O–H groups in total. The van der Waals surface area contributed by atoms with Gasteiger partial charge in [0.2, 0.25) is 0 Å². The first-order valence-electron chi connectivity index (χ1n) is 8.66. The molecular formula is C17H27N3OS. The zero-order valence-electron chi connectivity index (χ0n) is 13.5. The van der Waals surface area contributed by atoms with E-state index in [2.05, 4.69) is 28.0 Å². The maximum absolute atomic E-state index is 6.22. The second kappa shape index (κ2) is 6.17. The maximum Gasteiger partial charge on any atom is 0.0680 e. The molecule has 0 aromatic carbocycles. The lowest BCUT2D eigenvalue weighted by Crippen LogP contribution is -2.58. The van der Waals surface area contributed by atoms with E-state index in [0.717, 1.165) is 19.1 Å². The van der Waals surface area contributed by atoms with E-state index in [1.165, 1.54) is 56.5 Å². The van der Waals surface area contributed by atoms with Gasteiger partial charge in [0.15, 0.2) is 0 Å². The Morgan fingerprint density at radius 2 is 2.18 bits per heavy atom. The van der Waals surface area contributed by atoms with E-state index in [0.29, 0.717) is 10.9 Å². The minimum Gasteiger partial charge on any atom is -0.377 e. The molecule has 4 rings (SSSR count). The smallest absolute Gasteiger partial charge is 0.0680 e. The van der Waals surface area contributed by atoms with E-state index < -0.39 is 0 Å². The molecule has 4 nitrogen and oxygen atoms in total. The topological polar surface area (TPSA) is 30.3 Å². The van der Waals surface area contributed by atoms with Crippen LogP contribution in [0.5, 0.6) is 0 Å². The van der Waals surface area contributed by atoms with Gasteiger partial charge in [-0.1, -0.05) is 12.8 Å². The van der Waals surface area contributed by atoms with Gasteiger partial charge in [0.1, 0.15) is 0 Å². The fraction of sp³-hybridized carbons (Fsp3) is 0.824.